The molecule has 2 atom stereocenters. The zero-order valence-electron chi connectivity index (χ0n) is 17.4. The number of allylic oxidation sites excluding steroid dienone is 5. The molecule has 1 heteroatoms. The molecule has 27 heavy (non-hydrogen) atoms. The van der Waals surface area contributed by atoms with Gasteiger partial charge in [0, 0.05) is 5.54 Å². The van der Waals surface area contributed by atoms with Crippen LogP contribution in [0, 0.1) is 5.92 Å². The van der Waals surface area contributed by atoms with Crippen molar-refractivity contribution in [2.24, 2.45) is 5.92 Å². The number of fused-ring (bicyclic) bond motifs is 1. The van der Waals surface area contributed by atoms with Gasteiger partial charge in [0.15, 0.2) is 0 Å². The van der Waals surface area contributed by atoms with Crippen molar-refractivity contribution >= 4 is 14.1 Å². The van der Waals surface area contributed by atoms with Crippen LogP contribution in [0.5, 0.6) is 0 Å². The van der Waals surface area contributed by atoms with E-state index in [1.54, 1.807) is 16.3 Å². The second-order valence-corrected chi connectivity index (χ2v) is 13.4. The van der Waals surface area contributed by atoms with Gasteiger partial charge >= 0.3 is 0 Å². The third-order valence-electron chi connectivity index (χ3n) is 7.13. The van der Waals surface area contributed by atoms with Crippen molar-refractivity contribution in [3.63, 3.8) is 0 Å². The summed E-state index contributed by atoms with van der Waals surface area (Å²) >= 11 is 0. The minimum atomic E-state index is -1.67. The van der Waals surface area contributed by atoms with Crippen molar-refractivity contribution in [1.82, 2.24) is 0 Å². The van der Waals surface area contributed by atoms with Gasteiger partial charge in [-0.15, -0.1) is 0 Å². The summed E-state index contributed by atoms with van der Waals surface area (Å²) in [4.78, 5) is 0. The first-order valence-electron chi connectivity index (χ1n) is 10.1. The molecule has 0 spiro atoms. The molecule has 4 rings (SSSR count). The predicted molar refractivity (Wildman–Crippen MR) is 121 cm³/mol. The molecule has 2 aromatic rings. The van der Waals surface area contributed by atoms with Crippen molar-refractivity contribution in [1.29, 1.82) is 0 Å². The van der Waals surface area contributed by atoms with Gasteiger partial charge < -0.3 is 0 Å². The highest BCUT2D eigenvalue weighted by molar-refractivity contribution is 6.86. The van der Waals surface area contributed by atoms with Crippen LogP contribution in [0.25, 0.3) is 17.2 Å². The lowest BCUT2D eigenvalue weighted by atomic mass is 9.97. The van der Waals surface area contributed by atoms with Crippen molar-refractivity contribution in [3.05, 3.63) is 87.6 Å². The van der Waals surface area contributed by atoms with Crippen molar-refractivity contribution < 1.29 is 0 Å². The number of hydrogen-bond acceptors (Lipinski definition) is 0. The summed E-state index contributed by atoms with van der Waals surface area (Å²) in [6, 6.07) is 17.7. The number of benzene rings is 2. The van der Waals surface area contributed by atoms with E-state index >= 15 is 0 Å². The zero-order chi connectivity index (χ0) is 19.3. The maximum Gasteiger partial charge on any atom is 0.0880 e. The first kappa shape index (κ1) is 18.2. The number of rotatable bonds is 3. The maximum absolute atomic E-state index is 2.58. The van der Waals surface area contributed by atoms with E-state index in [0.717, 1.165) is 0 Å². The van der Waals surface area contributed by atoms with Gasteiger partial charge in [0.25, 0.3) is 0 Å². The Balaban J connectivity index is 1.79. The maximum atomic E-state index is 2.58. The van der Waals surface area contributed by atoms with Gasteiger partial charge in [0.2, 0.25) is 0 Å². The minimum Gasteiger partial charge on any atom is -0.0787 e. The lowest BCUT2D eigenvalue weighted by molar-refractivity contribution is 0.841. The normalized spacial score (nSPS) is 22.0. The quantitative estimate of drug-likeness (QED) is 0.489. The van der Waals surface area contributed by atoms with Crippen LogP contribution in [0.1, 0.15) is 44.4 Å². The fourth-order valence-electron chi connectivity index (χ4n) is 5.41. The molecule has 138 valence electrons. The van der Waals surface area contributed by atoms with Crippen molar-refractivity contribution in [3.8, 4) is 11.1 Å². The summed E-state index contributed by atoms with van der Waals surface area (Å²) in [5.41, 5.74) is 10.9. The van der Waals surface area contributed by atoms with Crippen LogP contribution in [0.4, 0.5) is 0 Å². The first-order valence-corrected chi connectivity index (χ1v) is 13.2. The molecular formula is C26H30Si. The van der Waals surface area contributed by atoms with Crippen LogP contribution in [-0.4, -0.2) is 8.07 Å². The van der Waals surface area contributed by atoms with Gasteiger partial charge in [-0.2, -0.15) is 0 Å². The van der Waals surface area contributed by atoms with Crippen molar-refractivity contribution in [2.75, 3.05) is 0 Å². The fourth-order valence-corrected chi connectivity index (χ4v) is 9.84. The summed E-state index contributed by atoms with van der Waals surface area (Å²) in [5, 5.41) is 1.75. The van der Waals surface area contributed by atoms with Crippen LogP contribution in [0.15, 0.2) is 76.5 Å². The molecule has 0 aliphatic heterocycles. The number of hydrogen-bond donors (Lipinski definition) is 0. The Bertz CT molecular complexity index is 986. The molecule has 0 saturated heterocycles. The SMILES string of the molecule is CC1=C(C)C(C)C([Si](C)(C)C2C=Cc3c(-c4ccccc4)cccc32)=C1C. The summed E-state index contributed by atoms with van der Waals surface area (Å²) in [6.45, 7) is 14.6. The Morgan fingerprint density at radius 3 is 2.15 bits per heavy atom. The summed E-state index contributed by atoms with van der Waals surface area (Å²) in [5.74, 6) is 0.599. The second-order valence-electron chi connectivity index (χ2n) is 8.80. The summed E-state index contributed by atoms with van der Waals surface area (Å²) in [7, 11) is -1.67. The van der Waals surface area contributed by atoms with Gasteiger partial charge in [0.1, 0.15) is 0 Å². The van der Waals surface area contributed by atoms with Gasteiger partial charge in [-0.05, 0) is 54.5 Å². The molecule has 0 heterocycles. The third-order valence-corrected chi connectivity index (χ3v) is 11.4. The van der Waals surface area contributed by atoms with Crippen LogP contribution in [0.3, 0.4) is 0 Å². The monoisotopic (exact) mass is 370 g/mol. The Kier molecular flexibility index (Phi) is 4.39. The van der Waals surface area contributed by atoms with E-state index in [4.69, 9.17) is 0 Å². The molecule has 0 aromatic heterocycles. The van der Waals surface area contributed by atoms with E-state index in [0.29, 0.717) is 11.5 Å². The molecule has 0 amide bonds. The molecule has 0 radical (unpaired) electrons. The smallest absolute Gasteiger partial charge is 0.0787 e. The van der Waals surface area contributed by atoms with E-state index in [2.05, 4.69) is 101 Å². The summed E-state index contributed by atoms with van der Waals surface area (Å²) in [6.07, 6.45) is 4.89. The molecule has 2 unspecified atom stereocenters. The van der Waals surface area contributed by atoms with E-state index in [1.807, 2.05) is 0 Å². The topological polar surface area (TPSA) is 0 Å². The Morgan fingerprint density at radius 1 is 0.815 bits per heavy atom. The first-order chi connectivity index (χ1) is 12.8. The van der Waals surface area contributed by atoms with Crippen LogP contribution < -0.4 is 0 Å². The van der Waals surface area contributed by atoms with E-state index < -0.39 is 8.07 Å². The highest BCUT2D eigenvalue weighted by atomic mass is 28.3. The van der Waals surface area contributed by atoms with E-state index in [-0.39, 0.29) is 0 Å². The Hall–Kier alpha value is -2.12. The summed E-state index contributed by atoms with van der Waals surface area (Å²) < 4.78 is 0. The fraction of sp³-hybridized carbons (Fsp3) is 0.308. The lowest BCUT2D eigenvalue weighted by Crippen LogP contribution is -2.39. The Labute approximate surface area is 165 Å². The third kappa shape index (κ3) is 2.71. The van der Waals surface area contributed by atoms with Crippen molar-refractivity contribution in [2.45, 2.75) is 46.3 Å². The van der Waals surface area contributed by atoms with Crippen LogP contribution in [0.2, 0.25) is 13.1 Å². The molecule has 0 fully saturated rings. The Morgan fingerprint density at radius 2 is 1.52 bits per heavy atom. The predicted octanol–water partition coefficient (Wildman–Crippen LogP) is 7.55. The van der Waals surface area contributed by atoms with Gasteiger partial charge in [-0.1, -0.05) is 97.0 Å². The second kappa shape index (κ2) is 6.49. The zero-order valence-corrected chi connectivity index (χ0v) is 18.4. The standard InChI is InChI=1S/C26H30Si/c1-17-18(2)20(4)26(19(17)3)27(5,6)25-16-15-23-22(13-10-14-24(23)25)21-11-8-7-9-12-21/h7-16,19,25H,1-6H3. The largest absolute Gasteiger partial charge is 0.0880 e. The molecule has 2 aliphatic carbocycles. The average Bonchev–Trinajstić information content (AvgIpc) is 3.19. The van der Waals surface area contributed by atoms with E-state index in [1.165, 1.54) is 27.8 Å². The molecule has 0 nitrogen and oxygen atoms in total. The minimum absolute atomic E-state index is 0.558. The highest BCUT2D eigenvalue weighted by Gasteiger charge is 2.43. The molecule has 0 bridgehead atoms. The molecular weight excluding hydrogens is 340 g/mol. The average molecular weight is 371 g/mol. The van der Waals surface area contributed by atoms with Gasteiger partial charge in [0.05, 0.1) is 8.07 Å². The van der Waals surface area contributed by atoms with E-state index in [9.17, 15) is 0 Å². The lowest BCUT2D eigenvalue weighted by Gasteiger charge is -2.35. The molecule has 0 saturated carbocycles. The highest BCUT2D eigenvalue weighted by Crippen LogP contribution is 2.49. The molecule has 0 N–H and O–H groups in total. The molecule has 2 aromatic carbocycles. The van der Waals surface area contributed by atoms with Crippen LogP contribution >= 0.6 is 0 Å². The van der Waals surface area contributed by atoms with Gasteiger partial charge in [-0.25, -0.2) is 0 Å². The van der Waals surface area contributed by atoms with Gasteiger partial charge in [-0.3, -0.25) is 0 Å². The van der Waals surface area contributed by atoms with Crippen LogP contribution in [-0.2, 0) is 0 Å². The molecule has 2 aliphatic rings.